The fraction of sp³-hybridized carbons (Fsp3) is 0.647. The molecule has 0 aliphatic rings. The van der Waals surface area contributed by atoms with Gasteiger partial charge in [0.15, 0.2) is 8.32 Å². The van der Waals surface area contributed by atoms with Gasteiger partial charge in [0.25, 0.3) is 0 Å². The maximum absolute atomic E-state index is 9.90. The van der Waals surface area contributed by atoms with E-state index >= 15 is 0 Å². The van der Waals surface area contributed by atoms with E-state index in [1.807, 2.05) is 30.3 Å². The smallest absolute Gasteiger partial charge is 0.192 e. The van der Waals surface area contributed by atoms with Crippen LogP contribution in [0.15, 0.2) is 30.3 Å². The van der Waals surface area contributed by atoms with Gasteiger partial charge >= 0.3 is 0 Å². The molecule has 0 aliphatic heterocycles. The second-order valence-corrected chi connectivity index (χ2v) is 12.0. The van der Waals surface area contributed by atoms with Crippen LogP contribution in [0.3, 0.4) is 0 Å². The summed E-state index contributed by atoms with van der Waals surface area (Å²) in [5.41, 5.74) is 1.11. The summed E-state index contributed by atoms with van der Waals surface area (Å²) in [4.78, 5) is 0. The van der Waals surface area contributed by atoms with Crippen molar-refractivity contribution >= 4 is 8.32 Å². The third-order valence-electron chi connectivity index (χ3n) is 4.26. The van der Waals surface area contributed by atoms with Gasteiger partial charge in [0.05, 0.1) is 19.3 Å². The molecule has 120 valence electrons. The lowest BCUT2D eigenvalue weighted by molar-refractivity contribution is -0.0611. The summed E-state index contributed by atoms with van der Waals surface area (Å²) in [7, 11) is -1.81. The Morgan fingerprint density at radius 3 is 2.19 bits per heavy atom. The Kier molecular flexibility index (Phi) is 6.59. The first kappa shape index (κ1) is 18.4. The van der Waals surface area contributed by atoms with Gasteiger partial charge in [-0.25, -0.2) is 0 Å². The van der Waals surface area contributed by atoms with Crippen LogP contribution in [-0.4, -0.2) is 32.2 Å². The Balaban J connectivity index is 2.55. The summed E-state index contributed by atoms with van der Waals surface area (Å²) in [5.74, 6) is 0. The average Bonchev–Trinajstić information content (AvgIpc) is 2.38. The first-order valence-corrected chi connectivity index (χ1v) is 10.5. The quantitative estimate of drug-likeness (QED) is 0.774. The van der Waals surface area contributed by atoms with Crippen molar-refractivity contribution in [2.45, 2.75) is 64.6 Å². The molecule has 0 saturated carbocycles. The Morgan fingerprint density at radius 2 is 1.71 bits per heavy atom. The first-order chi connectivity index (χ1) is 9.63. The SMILES string of the molecule is C[C@@H](O)[C@H](CO[Si](C)(C)C(C)(C)C)OCc1ccccc1. The molecule has 1 rings (SSSR count). The largest absolute Gasteiger partial charge is 0.414 e. The molecule has 0 heterocycles. The molecule has 0 aliphatic carbocycles. The minimum Gasteiger partial charge on any atom is -0.414 e. The van der Waals surface area contributed by atoms with E-state index in [2.05, 4.69) is 33.9 Å². The summed E-state index contributed by atoms with van der Waals surface area (Å²) in [5, 5.41) is 10.1. The van der Waals surface area contributed by atoms with Crippen molar-refractivity contribution < 1.29 is 14.3 Å². The number of rotatable bonds is 7. The van der Waals surface area contributed by atoms with Crippen molar-refractivity contribution in [1.29, 1.82) is 0 Å². The van der Waals surface area contributed by atoms with Crippen molar-refractivity contribution in [3.8, 4) is 0 Å². The molecule has 0 spiro atoms. The van der Waals surface area contributed by atoms with E-state index in [-0.39, 0.29) is 11.1 Å². The molecular formula is C17H30O3Si. The van der Waals surface area contributed by atoms with Crippen molar-refractivity contribution in [3.63, 3.8) is 0 Å². The second-order valence-electron chi connectivity index (χ2n) is 7.15. The Hall–Kier alpha value is -0.683. The van der Waals surface area contributed by atoms with Crippen LogP contribution >= 0.6 is 0 Å². The van der Waals surface area contributed by atoms with Gasteiger partial charge in [-0.15, -0.1) is 0 Å². The van der Waals surface area contributed by atoms with Gasteiger partial charge in [0.2, 0.25) is 0 Å². The molecule has 0 bridgehead atoms. The van der Waals surface area contributed by atoms with E-state index in [0.29, 0.717) is 13.2 Å². The third-order valence-corrected chi connectivity index (χ3v) is 8.76. The minimum atomic E-state index is -1.81. The Morgan fingerprint density at radius 1 is 1.14 bits per heavy atom. The second kappa shape index (κ2) is 7.54. The molecule has 0 radical (unpaired) electrons. The van der Waals surface area contributed by atoms with Crippen LogP contribution in [-0.2, 0) is 15.8 Å². The van der Waals surface area contributed by atoms with Gasteiger partial charge in [0, 0.05) is 0 Å². The lowest BCUT2D eigenvalue weighted by Crippen LogP contribution is -2.44. The van der Waals surface area contributed by atoms with Crippen LogP contribution in [0.4, 0.5) is 0 Å². The summed E-state index contributed by atoms with van der Waals surface area (Å²) in [6, 6.07) is 10.0. The van der Waals surface area contributed by atoms with E-state index in [9.17, 15) is 5.11 Å². The number of aliphatic hydroxyl groups is 1. The fourth-order valence-corrected chi connectivity index (χ4v) is 2.63. The highest BCUT2D eigenvalue weighted by Crippen LogP contribution is 2.36. The number of aliphatic hydroxyl groups excluding tert-OH is 1. The highest BCUT2D eigenvalue weighted by atomic mass is 28.4. The van der Waals surface area contributed by atoms with Crippen molar-refractivity contribution in [2.75, 3.05) is 6.61 Å². The zero-order chi connectivity index (χ0) is 16.1. The van der Waals surface area contributed by atoms with Crippen molar-refractivity contribution in [2.24, 2.45) is 0 Å². The minimum absolute atomic E-state index is 0.162. The molecule has 0 unspecified atom stereocenters. The van der Waals surface area contributed by atoms with Gasteiger partial charge in [-0.2, -0.15) is 0 Å². The lowest BCUT2D eigenvalue weighted by atomic mass is 10.2. The highest BCUT2D eigenvalue weighted by molar-refractivity contribution is 6.74. The summed E-state index contributed by atoms with van der Waals surface area (Å²) in [6.07, 6.45) is -0.835. The lowest BCUT2D eigenvalue weighted by Gasteiger charge is -2.37. The zero-order valence-corrected chi connectivity index (χ0v) is 15.2. The number of hydrogen-bond acceptors (Lipinski definition) is 3. The molecule has 1 aromatic carbocycles. The molecule has 0 aromatic heterocycles. The van der Waals surface area contributed by atoms with E-state index in [0.717, 1.165) is 5.56 Å². The Bertz CT molecular complexity index is 410. The topological polar surface area (TPSA) is 38.7 Å². The molecule has 0 amide bonds. The monoisotopic (exact) mass is 310 g/mol. The fourth-order valence-electron chi connectivity index (χ4n) is 1.61. The van der Waals surface area contributed by atoms with Crippen LogP contribution in [0.5, 0.6) is 0 Å². The van der Waals surface area contributed by atoms with Gasteiger partial charge in [-0.1, -0.05) is 51.1 Å². The van der Waals surface area contributed by atoms with Crippen LogP contribution in [0, 0.1) is 0 Å². The van der Waals surface area contributed by atoms with Crippen LogP contribution in [0.2, 0.25) is 18.1 Å². The Labute approximate surface area is 130 Å². The molecule has 4 heteroatoms. The van der Waals surface area contributed by atoms with Gasteiger partial charge in [-0.3, -0.25) is 0 Å². The van der Waals surface area contributed by atoms with Crippen molar-refractivity contribution in [1.82, 2.24) is 0 Å². The van der Waals surface area contributed by atoms with Gasteiger partial charge < -0.3 is 14.3 Å². The molecule has 0 saturated heterocycles. The van der Waals surface area contributed by atoms with Crippen LogP contribution in [0.1, 0.15) is 33.3 Å². The molecule has 3 nitrogen and oxygen atoms in total. The van der Waals surface area contributed by atoms with Crippen LogP contribution in [0.25, 0.3) is 0 Å². The van der Waals surface area contributed by atoms with E-state index in [4.69, 9.17) is 9.16 Å². The molecular weight excluding hydrogens is 280 g/mol. The third kappa shape index (κ3) is 5.91. The number of benzene rings is 1. The van der Waals surface area contributed by atoms with Gasteiger partial charge in [0.1, 0.15) is 6.10 Å². The van der Waals surface area contributed by atoms with Crippen molar-refractivity contribution in [3.05, 3.63) is 35.9 Å². The summed E-state index contributed by atoms with van der Waals surface area (Å²) in [6.45, 7) is 13.7. The zero-order valence-electron chi connectivity index (χ0n) is 14.2. The predicted octanol–water partition coefficient (Wildman–Crippen LogP) is 3.97. The summed E-state index contributed by atoms with van der Waals surface area (Å²) < 4.78 is 12.0. The molecule has 21 heavy (non-hydrogen) atoms. The number of hydrogen-bond donors (Lipinski definition) is 1. The molecule has 1 aromatic rings. The normalized spacial score (nSPS) is 15.8. The first-order valence-electron chi connectivity index (χ1n) is 7.61. The molecule has 1 N–H and O–H groups in total. The highest BCUT2D eigenvalue weighted by Gasteiger charge is 2.38. The average molecular weight is 311 g/mol. The standard InChI is InChI=1S/C17H30O3Si/c1-14(18)16(13-20-21(5,6)17(2,3)4)19-12-15-10-8-7-9-11-15/h7-11,14,16,18H,12-13H2,1-6H3/t14-,16+/m1/s1. The maximum atomic E-state index is 9.90. The van der Waals surface area contributed by atoms with E-state index in [1.165, 1.54) is 0 Å². The number of ether oxygens (including phenoxy) is 1. The predicted molar refractivity (Wildman–Crippen MR) is 89.8 cm³/mol. The molecule has 2 atom stereocenters. The molecule has 0 fully saturated rings. The van der Waals surface area contributed by atoms with Gasteiger partial charge in [-0.05, 0) is 30.6 Å². The van der Waals surface area contributed by atoms with E-state index in [1.54, 1.807) is 6.92 Å². The van der Waals surface area contributed by atoms with Crippen LogP contribution < -0.4 is 0 Å². The van der Waals surface area contributed by atoms with E-state index < -0.39 is 14.4 Å². The summed E-state index contributed by atoms with van der Waals surface area (Å²) >= 11 is 0. The maximum Gasteiger partial charge on any atom is 0.192 e.